The van der Waals surface area contributed by atoms with E-state index in [1.807, 2.05) is 26.0 Å². The molecular formula is C29H35FN4O3. The minimum Gasteiger partial charge on any atom is -0.392 e. The maximum absolute atomic E-state index is 15.6. The number of anilines is 1. The fourth-order valence-corrected chi connectivity index (χ4v) is 5.90. The average Bonchev–Trinajstić information content (AvgIpc) is 3.45. The highest BCUT2D eigenvalue weighted by atomic mass is 19.1. The minimum atomic E-state index is -1.04. The number of amides is 2. The number of β-amino-alcohol motifs (C(OH)–C–C–N with tert-alkyl or cyclic N) is 1. The normalized spacial score (nSPS) is 23.5. The summed E-state index contributed by atoms with van der Waals surface area (Å²) in [5.41, 5.74) is 1.64. The summed E-state index contributed by atoms with van der Waals surface area (Å²) in [6.45, 7) is 4.17. The summed E-state index contributed by atoms with van der Waals surface area (Å²) in [7, 11) is 0. The molecule has 3 unspecified atom stereocenters. The predicted molar refractivity (Wildman–Crippen MR) is 140 cm³/mol. The largest absolute Gasteiger partial charge is 0.392 e. The molecule has 8 heteroatoms. The SMILES string of the molecule is CC1(C)C=Cc2cc(N(C(=O)C3CC(O)CN3)C(C(=O)NC3CCCCC3)c3cccnc3)cc(F)c21. The van der Waals surface area contributed by atoms with Crippen LogP contribution >= 0.6 is 0 Å². The van der Waals surface area contributed by atoms with E-state index in [-0.39, 0.29) is 30.8 Å². The first-order chi connectivity index (χ1) is 17.7. The summed E-state index contributed by atoms with van der Waals surface area (Å²) in [6.07, 6.45) is 11.6. The van der Waals surface area contributed by atoms with Crippen LogP contribution in [0.4, 0.5) is 10.1 Å². The van der Waals surface area contributed by atoms with Crippen molar-refractivity contribution < 1.29 is 19.1 Å². The van der Waals surface area contributed by atoms with Crippen molar-refractivity contribution >= 4 is 23.6 Å². The molecule has 3 N–H and O–H groups in total. The third kappa shape index (κ3) is 5.18. The monoisotopic (exact) mass is 506 g/mol. The Kier molecular flexibility index (Phi) is 7.14. The van der Waals surface area contributed by atoms with Crippen LogP contribution in [0.1, 0.15) is 75.1 Å². The molecule has 1 aromatic carbocycles. The van der Waals surface area contributed by atoms with Crippen molar-refractivity contribution in [1.82, 2.24) is 15.6 Å². The number of carbonyl (C=O) groups excluding carboxylic acids is 2. The molecule has 7 nitrogen and oxygen atoms in total. The molecule has 2 heterocycles. The molecule has 3 atom stereocenters. The van der Waals surface area contributed by atoms with Crippen LogP contribution in [0.15, 0.2) is 42.7 Å². The van der Waals surface area contributed by atoms with Gasteiger partial charge in [0.25, 0.3) is 0 Å². The molecule has 37 heavy (non-hydrogen) atoms. The molecule has 196 valence electrons. The highest BCUT2D eigenvalue weighted by molar-refractivity contribution is 6.04. The summed E-state index contributed by atoms with van der Waals surface area (Å²) >= 11 is 0. The molecule has 3 aliphatic rings. The van der Waals surface area contributed by atoms with Crippen LogP contribution in [-0.2, 0) is 15.0 Å². The smallest absolute Gasteiger partial charge is 0.248 e. The van der Waals surface area contributed by atoms with E-state index >= 15 is 4.39 Å². The van der Waals surface area contributed by atoms with Crippen LogP contribution in [0.3, 0.4) is 0 Å². The number of rotatable bonds is 6. The first-order valence-corrected chi connectivity index (χ1v) is 13.2. The molecular weight excluding hydrogens is 471 g/mol. The van der Waals surface area contributed by atoms with Crippen molar-refractivity contribution in [2.75, 3.05) is 11.4 Å². The molecule has 0 radical (unpaired) electrons. The number of halogens is 1. The summed E-state index contributed by atoms with van der Waals surface area (Å²) in [6, 6.07) is 4.92. The standard InChI is InChI=1S/C29H35FN4O3/c1-29(2)11-10-18-13-21(14-23(30)25(18)29)34(28(37)24-15-22(35)17-32-24)26(19-7-6-12-31-16-19)27(36)33-20-8-4-3-5-9-20/h6-7,10-14,16,20,22,24,26,32,35H,3-5,8-9,15,17H2,1-2H3,(H,33,36). The van der Waals surface area contributed by atoms with Crippen molar-refractivity contribution in [2.45, 2.75) is 82.0 Å². The zero-order valence-corrected chi connectivity index (χ0v) is 21.4. The molecule has 0 spiro atoms. The Bertz CT molecular complexity index is 1190. The van der Waals surface area contributed by atoms with Gasteiger partial charge in [-0.05, 0) is 43.0 Å². The summed E-state index contributed by atoms with van der Waals surface area (Å²) in [4.78, 5) is 33.6. The van der Waals surface area contributed by atoms with Crippen molar-refractivity contribution in [3.8, 4) is 0 Å². The summed E-state index contributed by atoms with van der Waals surface area (Å²) in [5.74, 6) is -1.12. The number of aliphatic hydroxyl groups is 1. The third-order valence-electron chi connectivity index (χ3n) is 7.81. The van der Waals surface area contributed by atoms with E-state index in [0.29, 0.717) is 22.4 Å². The lowest BCUT2D eigenvalue weighted by molar-refractivity contribution is -0.128. The number of pyridine rings is 1. The number of allylic oxidation sites excluding steroid dienone is 1. The molecule has 1 saturated heterocycles. The first-order valence-electron chi connectivity index (χ1n) is 13.2. The van der Waals surface area contributed by atoms with Gasteiger partial charge >= 0.3 is 0 Å². The van der Waals surface area contributed by atoms with Gasteiger partial charge in [0.1, 0.15) is 11.9 Å². The van der Waals surface area contributed by atoms with Gasteiger partial charge in [-0.3, -0.25) is 19.5 Å². The fourth-order valence-electron chi connectivity index (χ4n) is 5.90. The van der Waals surface area contributed by atoms with Crippen molar-refractivity contribution in [3.63, 3.8) is 0 Å². The van der Waals surface area contributed by atoms with E-state index in [1.54, 1.807) is 30.6 Å². The van der Waals surface area contributed by atoms with Crippen LogP contribution in [0.2, 0.25) is 0 Å². The van der Waals surface area contributed by atoms with Crippen LogP contribution < -0.4 is 15.5 Å². The van der Waals surface area contributed by atoms with Crippen LogP contribution in [0.5, 0.6) is 0 Å². The Morgan fingerprint density at radius 1 is 1.24 bits per heavy atom. The Balaban J connectivity index is 1.60. The third-order valence-corrected chi connectivity index (χ3v) is 7.81. The quantitative estimate of drug-likeness (QED) is 0.555. The van der Waals surface area contributed by atoms with Gasteiger partial charge in [0.15, 0.2) is 0 Å². The van der Waals surface area contributed by atoms with Gasteiger partial charge in [-0.15, -0.1) is 0 Å². The number of aromatic nitrogens is 1. The highest BCUT2D eigenvalue weighted by Crippen LogP contribution is 2.41. The molecule has 1 saturated carbocycles. The lowest BCUT2D eigenvalue weighted by Gasteiger charge is -2.35. The first kappa shape index (κ1) is 25.5. The maximum Gasteiger partial charge on any atom is 0.248 e. The van der Waals surface area contributed by atoms with Crippen LogP contribution in [0.25, 0.3) is 6.08 Å². The highest BCUT2D eigenvalue weighted by Gasteiger charge is 2.40. The zero-order valence-electron chi connectivity index (χ0n) is 21.4. The fraction of sp³-hybridized carbons (Fsp3) is 0.483. The van der Waals surface area contributed by atoms with Gasteiger partial charge in [0.05, 0.1) is 12.1 Å². The van der Waals surface area contributed by atoms with Gasteiger partial charge in [-0.2, -0.15) is 0 Å². The number of nitrogens with one attached hydrogen (secondary N) is 2. The number of aliphatic hydroxyl groups excluding tert-OH is 1. The van der Waals surface area contributed by atoms with Gasteiger partial charge in [0.2, 0.25) is 11.8 Å². The van der Waals surface area contributed by atoms with E-state index in [9.17, 15) is 14.7 Å². The second-order valence-corrected chi connectivity index (χ2v) is 11.0. The lowest BCUT2D eigenvalue weighted by Crippen LogP contribution is -2.51. The van der Waals surface area contributed by atoms with Gasteiger partial charge in [-0.1, -0.05) is 51.3 Å². The molecule has 5 rings (SSSR count). The number of fused-ring (bicyclic) bond motifs is 1. The number of hydrogen-bond donors (Lipinski definition) is 3. The van der Waals surface area contributed by atoms with Crippen molar-refractivity contribution in [2.24, 2.45) is 0 Å². The van der Waals surface area contributed by atoms with Crippen molar-refractivity contribution in [3.05, 3.63) is 65.2 Å². The Morgan fingerprint density at radius 3 is 2.70 bits per heavy atom. The predicted octanol–water partition coefficient (Wildman–Crippen LogP) is 3.77. The van der Waals surface area contributed by atoms with E-state index in [2.05, 4.69) is 15.6 Å². The van der Waals surface area contributed by atoms with Gasteiger partial charge in [0, 0.05) is 47.2 Å². The molecule has 0 bridgehead atoms. The molecule has 2 amide bonds. The van der Waals surface area contributed by atoms with E-state index in [1.165, 1.54) is 11.0 Å². The van der Waals surface area contributed by atoms with E-state index in [4.69, 9.17) is 0 Å². The molecule has 2 aliphatic carbocycles. The Labute approximate surface area is 217 Å². The molecule has 1 aliphatic heterocycles. The Morgan fingerprint density at radius 2 is 2.03 bits per heavy atom. The topological polar surface area (TPSA) is 94.6 Å². The number of nitrogens with zero attached hydrogens (tertiary/aromatic N) is 2. The molecule has 1 aromatic heterocycles. The zero-order chi connectivity index (χ0) is 26.2. The Hall–Kier alpha value is -3.10. The second kappa shape index (κ2) is 10.3. The van der Waals surface area contributed by atoms with Crippen LogP contribution in [-0.4, -0.2) is 46.6 Å². The minimum absolute atomic E-state index is 0.0318. The average molecular weight is 507 g/mol. The van der Waals surface area contributed by atoms with Gasteiger partial charge in [-0.25, -0.2) is 4.39 Å². The summed E-state index contributed by atoms with van der Waals surface area (Å²) in [5, 5.41) is 16.3. The maximum atomic E-state index is 15.6. The molecule has 2 fully saturated rings. The van der Waals surface area contributed by atoms with Crippen LogP contribution in [0, 0.1) is 5.82 Å². The lowest BCUT2D eigenvalue weighted by atomic mass is 9.86. The number of carbonyl (C=O) groups is 2. The second-order valence-electron chi connectivity index (χ2n) is 11.0. The van der Waals surface area contributed by atoms with Crippen molar-refractivity contribution in [1.29, 1.82) is 0 Å². The summed E-state index contributed by atoms with van der Waals surface area (Å²) < 4.78 is 15.6. The number of benzene rings is 1. The molecule has 2 aromatic rings. The van der Waals surface area contributed by atoms with Gasteiger partial charge < -0.3 is 15.7 Å². The van der Waals surface area contributed by atoms with E-state index in [0.717, 1.165) is 32.1 Å². The van der Waals surface area contributed by atoms with E-state index < -0.39 is 29.4 Å². The number of hydrogen-bond acceptors (Lipinski definition) is 5.